The number of halogens is 2. The average molecular weight is 461 g/mol. The number of allylic oxidation sites excluding steroid dienone is 3. The van der Waals surface area contributed by atoms with Gasteiger partial charge in [-0.3, -0.25) is 0 Å². The standard InChI is InChI=1S/C30H30ClFO/c1-3-5-6-21-7-9-22(10-8-21)23-11-13-24(14-12-23)27-19-20-28(30(32)29(27)31)25-15-17-26(18-16-25)33-4-2/h3,9,11-21H,1,4-8,10H2,2H3. The highest BCUT2D eigenvalue weighted by molar-refractivity contribution is 6.33. The van der Waals surface area contributed by atoms with Gasteiger partial charge in [0.05, 0.1) is 11.6 Å². The molecule has 0 fully saturated rings. The van der Waals surface area contributed by atoms with Crippen LogP contribution >= 0.6 is 11.6 Å². The van der Waals surface area contributed by atoms with Gasteiger partial charge in [0.2, 0.25) is 0 Å². The normalized spacial score (nSPS) is 15.7. The van der Waals surface area contributed by atoms with Crippen molar-refractivity contribution in [3.05, 3.63) is 95.8 Å². The summed E-state index contributed by atoms with van der Waals surface area (Å²) < 4.78 is 20.7. The van der Waals surface area contributed by atoms with E-state index in [0.29, 0.717) is 17.7 Å². The quantitative estimate of drug-likeness (QED) is 0.304. The number of hydrogen-bond acceptors (Lipinski definition) is 1. The van der Waals surface area contributed by atoms with Crippen LogP contribution in [0.3, 0.4) is 0 Å². The Morgan fingerprint density at radius 1 is 0.970 bits per heavy atom. The molecule has 4 rings (SSSR count). The molecular formula is C30H30ClFO. The first-order chi connectivity index (χ1) is 16.1. The molecule has 0 amide bonds. The van der Waals surface area contributed by atoms with Crippen molar-refractivity contribution in [3.8, 4) is 28.0 Å². The summed E-state index contributed by atoms with van der Waals surface area (Å²) >= 11 is 6.49. The maximum Gasteiger partial charge on any atom is 0.150 e. The Morgan fingerprint density at radius 2 is 1.61 bits per heavy atom. The van der Waals surface area contributed by atoms with E-state index < -0.39 is 5.82 Å². The smallest absolute Gasteiger partial charge is 0.150 e. The summed E-state index contributed by atoms with van der Waals surface area (Å²) in [6, 6.07) is 19.4. The number of hydrogen-bond donors (Lipinski definition) is 0. The zero-order valence-electron chi connectivity index (χ0n) is 19.1. The molecule has 3 aromatic carbocycles. The van der Waals surface area contributed by atoms with Gasteiger partial charge in [-0.25, -0.2) is 4.39 Å². The topological polar surface area (TPSA) is 9.23 Å². The zero-order chi connectivity index (χ0) is 23.2. The molecule has 3 aromatic rings. The van der Waals surface area contributed by atoms with Gasteiger partial charge in [0, 0.05) is 11.1 Å². The Bertz CT molecular complexity index is 1130. The molecule has 0 aliphatic heterocycles. The van der Waals surface area contributed by atoms with Crippen LogP contribution in [-0.4, -0.2) is 6.61 Å². The molecule has 3 heteroatoms. The van der Waals surface area contributed by atoms with Crippen LogP contribution in [0.15, 0.2) is 79.4 Å². The van der Waals surface area contributed by atoms with Crippen LogP contribution in [0.4, 0.5) is 4.39 Å². The second-order valence-corrected chi connectivity index (χ2v) is 8.94. The van der Waals surface area contributed by atoms with Gasteiger partial charge in [-0.1, -0.05) is 72.3 Å². The van der Waals surface area contributed by atoms with Crippen molar-refractivity contribution in [2.75, 3.05) is 6.61 Å². The lowest BCUT2D eigenvalue weighted by molar-refractivity contribution is 0.340. The third-order valence-electron chi connectivity index (χ3n) is 6.42. The van der Waals surface area contributed by atoms with Crippen molar-refractivity contribution < 1.29 is 9.13 Å². The number of benzene rings is 3. The molecule has 0 spiro atoms. The highest BCUT2D eigenvalue weighted by atomic mass is 35.5. The highest BCUT2D eigenvalue weighted by Crippen LogP contribution is 2.38. The molecule has 170 valence electrons. The summed E-state index contributed by atoms with van der Waals surface area (Å²) in [6.07, 6.45) is 10.2. The fourth-order valence-electron chi connectivity index (χ4n) is 4.52. The van der Waals surface area contributed by atoms with E-state index in [9.17, 15) is 0 Å². The molecule has 1 atom stereocenters. The molecule has 0 bridgehead atoms. The van der Waals surface area contributed by atoms with Gasteiger partial charge in [-0.05, 0) is 79.3 Å². The van der Waals surface area contributed by atoms with E-state index in [-0.39, 0.29) is 5.02 Å². The van der Waals surface area contributed by atoms with E-state index in [4.69, 9.17) is 16.3 Å². The maximum atomic E-state index is 15.2. The molecule has 1 unspecified atom stereocenters. The van der Waals surface area contributed by atoms with Crippen LogP contribution in [0, 0.1) is 11.7 Å². The number of ether oxygens (including phenoxy) is 1. The summed E-state index contributed by atoms with van der Waals surface area (Å²) in [5.74, 6) is 1.13. The molecular weight excluding hydrogens is 431 g/mol. The minimum atomic E-state index is -0.400. The van der Waals surface area contributed by atoms with E-state index in [1.54, 1.807) is 6.07 Å². The first-order valence-corrected chi connectivity index (χ1v) is 12.1. The molecule has 0 saturated carbocycles. The second kappa shape index (κ2) is 10.9. The maximum absolute atomic E-state index is 15.2. The summed E-state index contributed by atoms with van der Waals surface area (Å²) in [4.78, 5) is 0. The summed E-state index contributed by atoms with van der Waals surface area (Å²) in [5.41, 5.74) is 5.53. The van der Waals surface area contributed by atoms with Crippen LogP contribution < -0.4 is 4.74 Å². The second-order valence-electron chi connectivity index (χ2n) is 8.56. The van der Waals surface area contributed by atoms with Crippen LogP contribution in [0.25, 0.3) is 27.8 Å². The Morgan fingerprint density at radius 3 is 2.24 bits per heavy atom. The van der Waals surface area contributed by atoms with Crippen molar-refractivity contribution in [2.45, 2.75) is 39.0 Å². The van der Waals surface area contributed by atoms with Crippen LogP contribution in [0.5, 0.6) is 5.75 Å². The molecule has 0 radical (unpaired) electrons. The number of rotatable bonds is 8. The monoisotopic (exact) mass is 460 g/mol. The summed E-state index contributed by atoms with van der Waals surface area (Å²) in [5, 5.41) is 0.149. The predicted octanol–water partition coefficient (Wildman–Crippen LogP) is 9.36. The van der Waals surface area contributed by atoms with Crippen molar-refractivity contribution in [1.29, 1.82) is 0 Å². The fourth-order valence-corrected chi connectivity index (χ4v) is 4.80. The summed E-state index contributed by atoms with van der Waals surface area (Å²) in [6.45, 7) is 6.36. The van der Waals surface area contributed by atoms with E-state index in [1.165, 1.54) is 24.0 Å². The SMILES string of the molecule is C=CCCC1CC=C(c2ccc(-c3ccc(-c4ccc(OCC)cc4)c(F)c3Cl)cc2)CC1. The zero-order valence-corrected chi connectivity index (χ0v) is 19.9. The minimum absolute atomic E-state index is 0.149. The van der Waals surface area contributed by atoms with E-state index in [0.717, 1.165) is 42.1 Å². The van der Waals surface area contributed by atoms with Crippen molar-refractivity contribution in [3.63, 3.8) is 0 Å². The lowest BCUT2D eigenvalue weighted by atomic mass is 9.84. The van der Waals surface area contributed by atoms with Gasteiger partial charge in [0.15, 0.2) is 0 Å². The fraction of sp³-hybridized carbons (Fsp3) is 0.267. The van der Waals surface area contributed by atoms with E-state index in [2.05, 4.69) is 24.8 Å². The molecule has 0 heterocycles. The highest BCUT2D eigenvalue weighted by Gasteiger charge is 2.17. The first kappa shape index (κ1) is 23.3. The Balaban J connectivity index is 1.52. The molecule has 0 aromatic heterocycles. The Labute approximate surface area is 201 Å². The predicted molar refractivity (Wildman–Crippen MR) is 138 cm³/mol. The van der Waals surface area contributed by atoms with Crippen LogP contribution in [0.1, 0.15) is 44.6 Å². The molecule has 1 nitrogen and oxygen atoms in total. The van der Waals surface area contributed by atoms with Gasteiger partial charge in [-0.2, -0.15) is 0 Å². The third-order valence-corrected chi connectivity index (χ3v) is 6.79. The Hall–Kier alpha value is -2.84. The lowest BCUT2D eigenvalue weighted by Gasteiger charge is -2.22. The Kier molecular flexibility index (Phi) is 7.67. The van der Waals surface area contributed by atoms with Gasteiger partial charge in [0.25, 0.3) is 0 Å². The van der Waals surface area contributed by atoms with Crippen LogP contribution in [0.2, 0.25) is 5.02 Å². The van der Waals surface area contributed by atoms with Gasteiger partial charge >= 0.3 is 0 Å². The lowest BCUT2D eigenvalue weighted by Crippen LogP contribution is -2.05. The van der Waals surface area contributed by atoms with E-state index in [1.807, 2.05) is 55.5 Å². The first-order valence-electron chi connectivity index (χ1n) is 11.7. The minimum Gasteiger partial charge on any atom is -0.494 e. The van der Waals surface area contributed by atoms with E-state index >= 15 is 4.39 Å². The van der Waals surface area contributed by atoms with Crippen molar-refractivity contribution >= 4 is 17.2 Å². The molecule has 1 aliphatic rings. The third kappa shape index (κ3) is 5.39. The molecule has 0 N–H and O–H groups in total. The van der Waals surface area contributed by atoms with Crippen molar-refractivity contribution in [1.82, 2.24) is 0 Å². The van der Waals surface area contributed by atoms with Gasteiger partial charge < -0.3 is 4.74 Å². The average Bonchev–Trinajstić information content (AvgIpc) is 2.86. The largest absolute Gasteiger partial charge is 0.494 e. The molecule has 1 aliphatic carbocycles. The van der Waals surface area contributed by atoms with Crippen molar-refractivity contribution in [2.24, 2.45) is 5.92 Å². The van der Waals surface area contributed by atoms with Gasteiger partial charge in [0.1, 0.15) is 11.6 Å². The van der Waals surface area contributed by atoms with Crippen LogP contribution in [-0.2, 0) is 0 Å². The summed E-state index contributed by atoms with van der Waals surface area (Å²) in [7, 11) is 0. The van der Waals surface area contributed by atoms with Gasteiger partial charge in [-0.15, -0.1) is 6.58 Å². The molecule has 33 heavy (non-hydrogen) atoms. The molecule has 0 saturated heterocycles.